The monoisotopic (exact) mass is 274 g/mol. The predicted octanol–water partition coefficient (Wildman–Crippen LogP) is 2.74. The van der Waals surface area contributed by atoms with Gasteiger partial charge in [0.1, 0.15) is 0 Å². The van der Waals surface area contributed by atoms with Crippen LogP contribution in [0.3, 0.4) is 0 Å². The van der Waals surface area contributed by atoms with Gasteiger partial charge in [-0.25, -0.2) is 0 Å². The Morgan fingerprint density at radius 1 is 1.00 bits per heavy atom. The van der Waals surface area contributed by atoms with Crippen molar-refractivity contribution in [2.75, 3.05) is 26.2 Å². The molecular weight excluding hydrogens is 244 g/mol. The fourth-order valence-corrected chi connectivity index (χ4v) is 7.38. The summed E-state index contributed by atoms with van der Waals surface area (Å²) in [6.45, 7) is 7.92. The molecule has 3 atom stereocenters. The predicted molar refractivity (Wildman–Crippen MR) is 81.5 cm³/mol. The van der Waals surface area contributed by atoms with Gasteiger partial charge in [0.2, 0.25) is 0 Å². The zero-order valence-electron chi connectivity index (χ0n) is 13.0. The van der Waals surface area contributed by atoms with Gasteiger partial charge < -0.3 is 5.32 Å². The van der Waals surface area contributed by atoms with E-state index >= 15 is 0 Å². The summed E-state index contributed by atoms with van der Waals surface area (Å²) in [5.41, 5.74) is 0.745. The highest BCUT2D eigenvalue weighted by molar-refractivity contribution is 5.05. The minimum atomic E-state index is 0.745. The van der Waals surface area contributed by atoms with Gasteiger partial charge in [-0.3, -0.25) is 4.90 Å². The molecule has 6 fully saturated rings. The van der Waals surface area contributed by atoms with Gasteiger partial charge in [-0.05, 0) is 93.5 Å². The molecule has 0 aromatic carbocycles. The van der Waals surface area contributed by atoms with Crippen LogP contribution in [0, 0.1) is 35.0 Å². The van der Waals surface area contributed by atoms with Crippen LogP contribution < -0.4 is 5.32 Å². The molecule has 1 N–H and O–H groups in total. The van der Waals surface area contributed by atoms with Gasteiger partial charge >= 0.3 is 0 Å². The molecule has 20 heavy (non-hydrogen) atoms. The van der Waals surface area contributed by atoms with Crippen molar-refractivity contribution in [1.82, 2.24) is 10.2 Å². The first-order valence-corrected chi connectivity index (χ1v) is 9.15. The first kappa shape index (κ1) is 12.5. The van der Waals surface area contributed by atoms with Crippen LogP contribution in [0.2, 0.25) is 0 Å². The Balaban J connectivity index is 1.34. The zero-order valence-corrected chi connectivity index (χ0v) is 13.0. The van der Waals surface area contributed by atoms with E-state index in [1.165, 1.54) is 26.2 Å². The normalized spacial score (nSPS) is 57.5. The Kier molecular flexibility index (Phi) is 2.63. The maximum atomic E-state index is 3.61. The third kappa shape index (κ3) is 1.76. The van der Waals surface area contributed by atoms with Gasteiger partial charge in [0, 0.05) is 19.1 Å². The van der Waals surface area contributed by atoms with Crippen LogP contribution in [0.5, 0.6) is 0 Å². The number of rotatable bonds is 2. The largest absolute Gasteiger partial charge is 0.316 e. The van der Waals surface area contributed by atoms with Crippen molar-refractivity contribution in [3.05, 3.63) is 0 Å². The van der Waals surface area contributed by atoms with Crippen LogP contribution >= 0.6 is 0 Å². The zero-order chi connectivity index (χ0) is 13.3. The van der Waals surface area contributed by atoms with Gasteiger partial charge in [-0.15, -0.1) is 0 Å². The third-order valence-electron chi connectivity index (χ3n) is 7.76. The Morgan fingerprint density at radius 3 is 2.25 bits per heavy atom. The van der Waals surface area contributed by atoms with Gasteiger partial charge in [-0.2, -0.15) is 0 Å². The van der Waals surface area contributed by atoms with E-state index in [2.05, 4.69) is 17.1 Å². The Labute approximate surface area is 123 Å². The van der Waals surface area contributed by atoms with Crippen LogP contribution in [0.1, 0.15) is 45.4 Å². The average molecular weight is 274 g/mol. The van der Waals surface area contributed by atoms with Crippen LogP contribution in [-0.4, -0.2) is 37.1 Å². The maximum Gasteiger partial charge on any atom is 0.0111 e. The van der Waals surface area contributed by atoms with E-state index in [1.807, 2.05) is 0 Å². The topological polar surface area (TPSA) is 15.3 Å². The first-order chi connectivity index (χ1) is 9.71. The maximum absolute atomic E-state index is 3.61. The van der Waals surface area contributed by atoms with Gasteiger partial charge in [0.15, 0.2) is 0 Å². The number of likely N-dealkylation sites (tertiary alicyclic amines) is 1. The van der Waals surface area contributed by atoms with Crippen molar-refractivity contribution in [2.24, 2.45) is 35.0 Å². The fraction of sp³-hybridized carbons (Fsp3) is 1.00. The van der Waals surface area contributed by atoms with Crippen LogP contribution in [0.25, 0.3) is 0 Å². The summed E-state index contributed by atoms with van der Waals surface area (Å²) >= 11 is 0. The summed E-state index contributed by atoms with van der Waals surface area (Å²) < 4.78 is 0. The Hall–Kier alpha value is -0.0800. The number of nitrogens with one attached hydrogen (secondary N) is 1. The number of fused-ring (bicyclic) bond motifs is 1. The van der Waals surface area contributed by atoms with Crippen molar-refractivity contribution in [3.63, 3.8) is 0 Å². The van der Waals surface area contributed by atoms with Crippen molar-refractivity contribution < 1.29 is 0 Å². The second-order valence-electron chi connectivity index (χ2n) is 9.17. The molecule has 4 bridgehead atoms. The van der Waals surface area contributed by atoms with E-state index < -0.39 is 0 Å². The fourth-order valence-electron chi connectivity index (χ4n) is 7.38. The summed E-state index contributed by atoms with van der Waals surface area (Å²) in [6.07, 6.45) is 9.50. The van der Waals surface area contributed by atoms with Crippen LogP contribution in [0.4, 0.5) is 0 Å². The molecule has 2 heterocycles. The summed E-state index contributed by atoms with van der Waals surface area (Å²) in [6, 6.07) is 0.836. The Bertz CT molecular complexity index is 369. The molecule has 0 radical (unpaired) electrons. The second-order valence-corrected chi connectivity index (χ2v) is 9.17. The minimum absolute atomic E-state index is 0.745. The minimum Gasteiger partial charge on any atom is -0.316 e. The lowest BCUT2D eigenvalue weighted by molar-refractivity contribution is -0.0710. The van der Waals surface area contributed by atoms with Crippen LogP contribution in [0.15, 0.2) is 0 Å². The molecule has 6 aliphatic rings. The summed E-state index contributed by atoms with van der Waals surface area (Å²) in [4.78, 5) is 2.91. The molecule has 2 nitrogen and oxygen atoms in total. The van der Waals surface area contributed by atoms with Gasteiger partial charge in [0.25, 0.3) is 0 Å². The van der Waals surface area contributed by atoms with E-state index in [9.17, 15) is 0 Å². The van der Waals surface area contributed by atoms with Crippen molar-refractivity contribution >= 4 is 0 Å². The molecule has 2 aliphatic heterocycles. The molecule has 0 amide bonds. The number of nitrogens with zero attached hydrogens (tertiary/aromatic N) is 1. The highest BCUT2D eigenvalue weighted by Crippen LogP contribution is 2.60. The lowest BCUT2D eigenvalue weighted by atomic mass is 9.49. The molecule has 3 unspecified atom stereocenters. The number of hydrogen-bond donors (Lipinski definition) is 1. The summed E-state index contributed by atoms with van der Waals surface area (Å²) in [5.74, 6) is 5.24. The molecule has 0 aromatic heterocycles. The summed E-state index contributed by atoms with van der Waals surface area (Å²) in [7, 11) is 0. The Morgan fingerprint density at radius 2 is 1.65 bits per heavy atom. The molecule has 112 valence electrons. The van der Waals surface area contributed by atoms with E-state index in [4.69, 9.17) is 0 Å². The molecule has 0 aromatic rings. The molecule has 6 rings (SSSR count). The average Bonchev–Trinajstić information content (AvgIpc) is 2.92. The first-order valence-electron chi connectivity index (χ1n) is 9.15. The smallest absolute Gasteiger partial charge is 0.0111 e. The molecule has 4 saturated carbocycles. The molecule has 4 aliphatic carbocycles. The van der Waals surface area contributed by atoms with Gasteiger partial charge in [-0.1, -0.05) is 0 Å². The highest BCUT2D eigenvalue weighted by atomic mass is 15.2. The van der Waals surface area contributed by atoms with Crippen molar-refractivity contribution in [3.8, 4) is 0 Å². The third-order valence-corrected chi connectivity index (χ3v) is 7.76. The van der Waals surface area contributed by atoms with Crippen LogP contribution in [-0.2, 0) is 0 Å². The van der Waals surface area contributed by atoms with E-state index in [0.29, 0.717) is 0 Å². The van der Waals surface area contributed by atoms with E-state index in [0.717, 1.165) is 41.0 Å². The molecular formula is C18H30N2. The SMILES string of the molecule is CC1C2CNCC2CN1CC12CC3CC(CC(C3)C1)C2. The molecule has 2 saturated heterocycles. The van der Waals surface area contributed by atoms with Crippen molar-refractivity contribution in [1.29, 1.82) is 0 Å². The second kappa shape index (κ2) is 4.23. The van der Waals surface area contributed by atoms with E-state index in [1.54, 1.807) is 38.5 Å². The van der Waals surface area contributed by atoms with Gasteiger partial charge in [0.05, 0.1) is 0 Å². The lowest BCUT2D eigenvalue weighted by Crippen LogP contribution is -2.52. The standard InChI is InChI=1S/C18H30N2/c1-12-17-9-19-8-16(17)10-20(12)11-18-5-13-2-14(6-18)4-15(3-13)7-18/h12-17,19H,2-11H2,1H3. The quantitative estimate of drug-likeness (QED) is 0.833. The number of hydrogen-bond acceptors (Lipinski definition) is 2. The van der Waals surface area contributed by atoms with E-state index in [-0.39, 0.29) is 0 Å². The van der Waals surface area contributed by atoms with Crippen molar-refractivity contribution in [2.45, 2.75) is 51.5 Å². The molecule has 0 spiro atoms. The lowest BCUT2D eigenvalue weighted by Gasteiger charge is -2.58. The summed E-state index contributed by atoms with van der Waals surface area (Å²) in [5, 5.41) is 3.61. The molecule has 2 heteroatoms. The highest BCUT2D eigenvalue weighted by Gasteiger charge is 2.53.